The number of ketones is 1. The molecule has 1 N–H and O–H groups in total. The summed E-state index contributed by atoms with van der Waals surface area (Å²) in [7, 11) is 0. The zero-order chi connectivity index (χ0) is 12.8. The van der Waals surface area contributed by atoms with Crippen LogP contribution in [0.25, 0.3) is 0 Å². The molecule has 1 unspecified atom stereocenters. The Balaban J connectivity index is 1.93. The monoisotopic (exact) mass is 249 g/mol. The summed E-state index contributed by atoms with van der Waals surface area (Å²) in [5.74, 6) is -0.306. The van der Waals surface area contributed by atoms with E-state index in [1.807, 2.05) is 0 Å². The van der Waals surface area contributed by atoms with Crippen LogP contribution >= 0.6 is 0 Å². The zero-order valence-electron chi connectivity index (χ0n) is 10.6. The van der Waals surface area contributed by atoms with E-state index in [0.29, 0.717) is 12.0 Å². The highest BCUT2D eigenvalue weighted by atomic mass is 19.1. The maximum atomic E-state index is 13.1. The standard InChI is InChI=1S/C15H20FNO/c16-13-7-5-6-12(10-13)15(18)11-14-8-3-1-2-4-9-17-14/h5-7,10,14,17H,1-4,8-9,11H2. The normalized spacial score (nSPS) is 21.1. The highest BCUT2D eigenvalue weighted by Crippen LogP contribution is 2.14. The van der Waals surface area contributed by atoms with Crippen molar-refractivity contribution in [3.05, 3.63) is 35.6 Å². The van der Waals surface area contributed by atoms with Gasteiger partial charge in [0.2, 0.25) is 0 Å². The summed E-state index contributed by atoms with van der Waals surface area (Å²) in [6, 6.07) is 6.22. The molecule has 1 saturated heterocycles. The van der Waals surface area contributed by atoms with Crippen molar-refractivity contribution in [2.45, 2.75) is 44.6 Å². The lowest BCUT2D eigenvalue weighted by Crippen LogP contribution is -2.33. The van der Waals surface area contributed by atoms with Crippen LogP contribution in [-0.4, -0.2) is 18.4 Å². The van der Waals surface area contributed by atoms with E-state index in [4.69, 9.17) is 0 Å². The molecule has 2 nitrogen and oxygen atoms in total. The fourth-order valence-electron chi connectivity index (χ4n) is 2.46. The SMILES string of the molecule is O=C(CC1CCCCCCN1)c1cccc(F)c1. The van der Waals surface area contributed by atoms with Crippen molar-refractivity contribution >= 4 is 5.78 Å². The number of carbonyl (C=O) groups is 1. The molecule has 0 amide bonds. The molecule has 0 radical (unpaired) electrons. The third-order valence-electron chi connectivity index (χ3n) is 3.49. The van der Waals surface area contributed by atoms with Crippen LogP contribution in [-0.2, 0) is 0 Å². The van der Waals surface area contributed by atoms with Gasteiger partial charge in [-0.15, -0.1) is 0 Å². The van der Waals surface area contributed by atoms with Gasteiger partial charge < -0.3 is 5.32 Å². The first-order valence-electron chi connectivity index (χ1n) is 6.78. The largest absolute Gasteiger partial charge is 0.314 e. The second kappa shape index (κ2) is 6.64. The van der Waals surface area contributed by atoms with Gasteiger partial charge in [-0.25, -0.2) is 4.39 Å². The summed E-state index contributed by atoms with van der Waals surface area (Å²) < 4.78 is 13.1. The van der Waals surface area contributed by atoms with Crippen LogP contribution in [0.1, 0.15) is 48.9 Å². The third kappa shape index (κ3) is 3.91. The van der Waals surface area contributed by atoms with E-state index in [0.717, 1.165) is 13.0 Å². The highest BCUT2D eigenvalue weighted by Gasteiger charge is 2.16. The molecule has 98 valence electrons. The predicted octanol–water partition coefficient (Wildman–Crippen LogP) is 3.32. The average molecular weight is 249 g/mol. The number of halogens is 1. The van der Waals surface area contributed by atoms with Gasteiger partial charge in [-0.1, -0.05) is 31.4 Å². The van der Waals surface area contributed by atoms with E-state index in [1.54, 1.807) is 12.1 Å². The molecule has 1 aliphatic heterocycles. The van der Waals surface area contributed by atoms with Crippen LogP contribution in [0.4, 0.5) is 4.39 Å². The van der Waals surface area contributed by atoms with Gasteiger partial charge in [0.25, 0.3) is 0 Å². The maximum Gasteiger partial charge on any atom is 0.164 e. The molecule has 0 saturated carbocycles. The van der Waals surface area contributed by atoms with Gasteiger partial charge in [0.1, 0.15) is 5.82 Å². The van der Waals surface area contributed by atoms with E-state index in [9.17, 15) is 9.18 Å². The van der Waals surface area contributed by atoms with Crippen molar-refractivity contribution < 1.29 is 9.18 Å². The molecule has 0 bridgehead atoms. The van der Waals surface area contributed by atoms with Gasteiger partial charge in [0.05, 0.1) is 0 Å². The van der Waals surface area contributed by atoms with Crippen LogP contribution in [0.15, 0.2) is 24.3 Å². The minimum absolute atomic E-state index is 0.0348. The maximum absolute atomic E-state index is 13.1. The topological polar surface area (TPSA) is 29.1 Å². The summed E-state index contributed by atoms with van der Waals surface area (Å²) in [5, 5.41) is 3.42. The van der Waals surface area contributed by atoms with Crippen LogP contribution < -0.4 is 5.32 Å². The minimum atomic E-state index is -0.341. The Morgan fingerprint density at radius 2 is 2.11 bits per heavy atom. The Labute approximate surface area is 108 Å². The molecule has 0 spiro atoms. The summed E-state index contributed by atoms with van der Waals surface area (Å²) in [5.41, 5.74) is 0.485. The summed E-state index contributed by atoms with van der Waals surface area (Å²) in [6.45, 7) is 0.987. The Morgan fingerprint density at radius 3 is 2.94 bits per heavy atom. The van der Waals surface area contributed by atoms with Crippen molar-refractivity contribution in [3.63, 3.8) is 0 Å². The van der Waals surface area contributed by atoms with Crippen LogP contribution in [0, 0.1) is 5.82 Å². The zero-order valence-corrected chi connectivity index (χ0v) is 10.6. The Bertz CT molecular complexity index is 397. The predicted molar refractivity (Wildman–Crippen MR) is 70.2 cm³/mol. The fourth-order valence-corrected chi connectivity index (χ4v) is 2.46. The minimum Gasteiger partial charge on any atom is -0.314 e. The molecular weight excluding hydrogens is 229 g/mol. The molecule has 1 aliphatic rings. The lowest BCUT2D eigenvalue weighted by atomic mass is 9.97. The van der Waals surface area contributed by atoms with Crippen LogP contribution in [0.3, 0.4) is 0 Å². The highest BCUT2D eigenvalue weighted by molar-refractivity contribution is 5.96. The first-order chi connectivity index (χ1) is 8.75. The molecule has 1 fully saturated rings. The number of benzene rings is 1. The van der Waals surface area contributed by atoms with Crippen molar-refractivity contribution in [2.75, 3.05) is 6.54 Å². The van der Waals surface area contributed by atoms with Crippen molar-refractivity contribution in [2.24, 2.45) is 0 Å². The van der Waals surface area contributed by atoms with E-state index >= 15 is 0 Å². The summed E-state index contributed by atoms with van der Waals surface area (Å²) in [6.07, 6.45) is 6.41. The van der Waals surface area contributed by atoms with Crippen LogP contribution in [0.5, 0.6) is 0 Å². The van der Waals surface area contributed by atoms with Crippen molar-refractivity contribution in [1.82, 2.24) is 5.32 Å². The summed E-state index contributed by atoms with van der Waals surface area (Å²) >= 11 is 0. The van der Waals surface area contributed by atoms with Gasteiger partial charge in [-0.2, -0.15) is 0 Å². The lowest BCUT2D eigenvalue weighted by molar-refractivity contribution is 0.0965. The molecule has 3 heteroatoms. The first-order valence-corrected chi connectivity index (χ1v) is 6.78. The molecule has 18 heavy (non-hydrogen) atoms. The third-order valence-corrected chi connectivity index (χ3v) is 3.49. The number of hydrogen-bond donors (Lipinski definition) is 1. The smallest absolute Gasteiger partial charge is 0.164 e. The van der Waals surface area contributed by atoms with E-state index in [-0.39, 0.29) is 17.6 Å². The van der Waals surface area contributed by atoms with Crippen molar-refractivity contribution in [3.8, 4) is 0 Å². The van der Waals surface area contributed by atoms with Gasteiger partial charge in [-0.05, 0) is 31.5 Å². The fraction of sp³-hybridized carbons (Fsp3) is 0.533. The Hall–Kier alpha value is -1.22. The van der Waals surface area contributed by atoms with Gasteiger partial charge in [-0.3, -0.25) is 4.79 Å². The number of hydrogen-bond acceptors (Lipinski definition) is 2. The number of nitrogens with one attached hydrogen (secondary N) is 1. The first kappa shape index (κ1) is 13.2. The average Bonchev–Trinajstić information content (AvgIpc) is 2.32. The summed E-state index contributed by atoms with van der Waals surface area (Å²) in [4.78, 5) is 12.1. The molecule has 0 aliphatic carbocycles. The number of rotatable bonds is 3. The Kier molecular flexibility index (Phi) is 4.88. The quantitative estimate of drug-likeness (QED) is 0.833. The lowest BCUT2D eigenvalue weighted by Gasteiger charge is -2.20. The van der Waals surface area contributed by atoms with Gasteiger partial charge in [0.15, 0.2) is 5.78 Å². The molecule has 1 aromatic carbocycles. The molecule has 2 rings (SSSR count). The number of Topliss-reactive ketones (excluding diaryl/α,β-unsaturated/α-hetero) is 1. The second-order valence-electron chi connectivity index (χ2n) is 4.99. The number of carbonyl (C=O) groups excluding carboxylic acids is 1. The Morgan fingerprint density at radius 1 is 1.28 bits per heavy atom. The molecule has 1 atom stereocenters. The van der Waals surface area contributed by atoms with Crippen molar-refractivity contribution in [1.29, 1.82) is 0 Å². The van der Waals surface area contributed by atoms with E-state index < -0.39 is 0 Å². The molecule has 1 heterocycles. The van der Waals surface area contributed by atoms with Crippen LogP contribution in [0.2, 0.25) is 0 Å². The van der Waals surface area contributed by atoms with Gasteiger partial charge in [0, 0.05) is 18.0 Å². The van der Waals surface area contributed by atoms with E-state index in [2.05, 4.69) is 5.32 Å². The molecular formula is C15H20FNO. The second-order valence-corrected chi connectivity index (χ2v) is 4.99. The van der Waals surface area contributed by atoms with Gasteiger partial charge >= 0.3 is 0 Å². The van der Waals surface area contributed by atoms with E-state index in [1.165, 1.54) is 37.8 Å². The molecule has 1 aromatic rings. The molecule has 0 aromatic heterocycles.